The highest BCUT2D eigenvalue weighted by Gasteiger charge is 2.34. The molecule has 132 valence electrons. The van der Waals surface area contributed by atoms with Crippen molar-refractivity contribution in [3.05, 3.63) is 10.6 Å². The molecule has 2 aliphatic carbocycles. The number of nitrogens with zero attached hydrogens (tertiary/aromatic N) is 2. The van der Waals surface area contributed by atoms with Gasteiger partial charge in [-0.25, -0.2) is 9.78 Å². The number of amides is 3. The maximum absolute atomic E-state index is 12.6. The van der Waals surface area contributed by atoms with Crippen molar-refractivity contribution in [1.29, 1.82) is 0 Å². The second-order valence-electron chi connectivity index (χ2n) is 6.85. The first-order valence-corrected chi connectivity index (χ1v) is 9.65. The summed E-state index contributed by atoms with van der Waals surface area (Å²) in [6.07, 6.45) is 7.69. The highest BCUT2D eigenvalue weighted by atomic mass is 32.1. The lowest BCUT2D eigenvalue weighted by molar-refractivity contribution is -0.116. The lowest BCUT2D eigenvalue weighted by atomic mass is 9.96. The van der Waals surface area contributed by atoms with Crippen LogP contribution in [0.4, 0.5) is 9.93 Å². The van der Waals surface area contributed by atoms with Gasteiger partial charge in [-0.3, -0.25) is 4.79 Å². The summed E-state index contributed by atoms with van der Waals surface area (Å²) in [7, 11) is 0. The second-order valence-corrected chi connectivity index (χ2v) is 8.06. The minimum Gasteiger partial charge on any atom is -0.335 e. The maximum Gasteiger partial charge on any atom is 0.318 e. The van der Waals surface area contributed by atoms with Crippen molar-refractivity contribution < 1.29 is 9.59 Å². The molecule has 3 amide bonds. The van der Waals surface area contributed by atoms with Crippen molar-refractivity contribution in [3.8, 4) is 0 Å². The Kier molecular flexibility index (Phi) is 5.38. The summed E-state index contributed by atoms with van der Waals surface area (Å²) in [4.78, 5) is 32.0. The van der Waals surface area contributed by atoms with Crippen LogP contribution in [0.5, 0.6) is 0 Å². The number of anilines is 1. The third-order valence-electron chi connectivity index (χ3n) is 4.77. The average Bonchev–Trinajstić information content (AvgIpc) is 3.33. The number of aromatic nitrogens is 1. The standard InChI is InChI=1S/C17H26N4O2S/c1-11-12(2)24-16(18-11)20-15(22)10-21(14-8-9-14)17(23)19-13-6-4-3-5-7-13/h13-14H,3-10H2,1-2H3,(H,19,23)(H,18,20,22). The van der Waals surface area contributed by atoms with Gasteiger partial charge >= 0.3 is 6.03 Å². The van der Waals surface area contributed by atoms with Crippen molar-refractivity contribution in [2.24, 2.45) is 0 Å². The molecular formula is C17H26N4O2S. The third kappa shape index (κ3) is 4.47. The van der Waals surface area contributed by atoms with E-state index in [0.29, 0.717) is 5.13 Å². The van der Waals surface area contributed by atoms with E-state index in [1.807, 2.05) is 13.8 Å². The summed E-state index contributed by atoms with van der Waals surface area (Å²) in [5, 5.41) is 6.55. The first-order chi connectivity index (χ1) is 11.5. The van der Waals surface area contributed by atoms with E-state index in [-0.39, 0.29) is 30.6 Å². The van der Waals surface area contributed by atoms with Gasteiger partial charge in [0.25, 0.3) is 0 Å². The minimum atomic E-state index is -0.172. The Morgan fingerprint density at radius 2 is 1.88 bits per heavy atom. The molecule has 2 aliphatic rings. The number of nitrogens with one attached hydrogen (secondary N) is 2. The predicted octanol–water partition coefficient (Wildman–Crippen LogP) is 3.21. The molecule has 6 nitrogen and oxygen atoms in total. The number of aryl methyl sites for hydroxylation is 2. The molecule has 0 atom stereocenters. The maximum atomic E-state index is 12.6. The quantitative estimate of drug-likeness (QED) is 0.856. The predicted molar refractivity (Wildman–Crippen MR) is 95.4 cm³/mol. The molecule has 0 aliphatic heterocycles. The van der Waals surface area contributed by atoms with E-state index in [0.717, 1.165) is 36.3 Å². The lowest BCUT2D eigenvalue weighted by Crippen LogP contribution is -2.49. The van der Waals surface area contributed by atoms with Gasteiger partial charge in [-0.2, -0.15) is 0 Å². The van der Waals surface area contributed by atoms with E-state index < -0.39 is 0 Å². The van der Waals surface area contributed by atoms with Crippen molar-refractivity contribution in [2.45, 2.75) is 70.9 Å². The molecule has 0 aromatic carbocycles. The van der Waals surface area contributed by atoms with Crippen molar-refractivity contribution >= 4 is 28.4 Å². The highest BCUT2D eigenvalue weighted by Crippen LogP contribution is 2.28. The summed E-state index contributed by atoms with van der Waals surface area (Å²) in [5.41, 5.74) is 0.935. The van der Waals surface area contributed by atoms with Crippen LogP contribution in [0.25, 0.3) is 0 Å². The van der Waals surface area contributed by atoms with Gasteiger partial charge in [-0.15, -0.1) is 11.3 Å². The SMILES string of the molecule is Cc1nc(NC(=O)CN(C(=O)NC2CCCCC2)C2CC2)sc1C. The number of hydrogen-bond donors (Lipinski definition) is 2. The second kappa shape index (κ2) is 7.51. The molecular weight excluding hydrogens is 324 g/mol. The van der Waals surface area contributed by atoms with Crippen molar-refractivity contribution in [1.82, 2.24) is 15.2 Å². The normalized spacial score (nSPS) is 18.2. The Morgan fingerprint density at radius 1 is 1.17 bits per heavy atom. The zero-order valence-electron chi connectivity index (χ0n) is 14.4. The molecule has 0 saturated heterocycles. The molecule has 1 aromatic heterocycles. The smallest absolute Gasteiger partial charge is 0.318 e. The van der Waals surface area contributed by atoms with Gasteiger partial charge in [-0.1, -0.05) is 19.3 Å². The van der Waals surface area contributed by atoms with Crippen molar-refractivity contribution in [2.75, 3.05) is 11.9 Å². The minimum absolute atomic E-state index is 0.0916. The zero-order valence-corrected chi connectivity index (χ0v) is 15.2. The van der Waals surface area contributed by atoms with E-state index in [4.69, 9.17) is 0 Å². The van der Waals surface area contributed by atoms with Crippen LogP contribution >= 0.6 is 11.3 Å². The van der Waals surface area contributed by atoms with Gasteiger partial charge in [0, 0.05) is 17.0 Å². The van der Waals surface area contributed by atoms with E-state index in [9.17, 15) is 9.59 Å². The number of rotatable bonds is 5. The lowest BCUT2D eigenvalue weighted by Gasteiger charge is -2.28. The van der Waals surface area contributed by atoms with Crippen LogP contribution < -0.4 is 10.6 Å². The zero-order chi connectivity index (χ0) is 17.1. The number of thiazole rings is 1. The Bertz CT molecular complexity index is 586. The summed E-state index contributed by atoms with van der Waals surface area (Å²) in [5.74, 6) is -0.172. The van der Waals surface area contributed by atoms with Crippen LogP contribution in [-0.2, 0) is 4.79 Å². The molecule has 0 spiro atoms. The van der Waals surface area contributed by atoms with Gasteiger partial charge in [0.15, 0.2) is 5.13 Å². The molecule has 2 fully saturated rings. The van der Waals surface area contributed by atoms with Gasteiger partial charge in [0.2, 0.25) is 5.91 Å². The van der Waals surface area contributed by atoms with Gasteiger partial charge in [-0.05, 0) is 39.5 Å². The molecule has 0 unspecified atom stereocenters. The molecule has 2 saturated carbocycles. The third-order valence-corrected chi connectivity index (χ3v) is 5.76. The molecule has 3 rings (SSSR count). The van der Waals surface area contributed by atoms with Crippen LogP contribution in [0.3, 0.4) is 0 Å². The van der Waals surface area contributed by atoms with Crippen LogP contribution in [0.1, 0.15) is 55.5 Å². The van der Waals surface area contributed by atoms with Gasteiger partial charge < -0.3 is 15.5 Å². The Balaban J connectivity index is 1.54. The number of urea groups is 1. The molecule has 2 N–H and O–H groups in total. The van der Waals surface area contributed by atoms with Crippen LogP contribution in [0, 0.1) is 13.8 Å². The Hall–Kier alpha value is -1.63. The monoisotopic (exact) mass is 350 g/mol. The molecule has 0 bridgehead atoms. The number of carbonyl (C=O) groups excluding carboxylic acids is 2. The largest absolute Gasteiger partial charge is 0.335 e. The Morgan fingerprint density at radius 3 is 2.46 bits per heavy atom. The van der Waals surface area contributed by atoms with E-state index in [2.05, 4.69) is 15.6 Å². The fraction of sp³-hybridized carbons (Fsp3) is 0.706. The van der Waals surface area contributed by atoms with Gasteiger partial charge in [0.1, 0.15) is 6.54 Å². The number of carbonyl (C=O) groups is 2. The highest BCUT2D eigenvalue weighted by molar-refractivity contribution is 7.15. The average molecular weight is 350 g/mol. The first-order valence-electron chi connectivity index (χ1n) is 8.84. The van der Waals surface area contributed by atoms with Crippen LogP contribution in [0.2, 0.25) is 0 Å². The number of hydrogen-bond acceptors (Lipinski definition) is 4. The van der Waals surface area contributed by atoms with E-state index in [1.54, 1.807) is 4.90 Å². The summed E-state index contributed by atoms with van der Waals surface area (Å²) >= 11 is 1.47. The first kappa shape index (κ1) is 17.2. The molecule has 1 heterocycles. The molecule has 7 heteroatoms. The molecule has 0 radical (unpaired) electrons. The summed E-state index contributed by atoms with van der Waals surface area (Å²) < 4.78 is 0. The fourth-order valence-corrected chi connectivity index (χ4v) is 3.93. The summed E-state index contributed by atoms with van der Waals surface area (Å²) in [6, 6.07) is 0.380. The van der Waals surface area contributed by atoms with Crippen LogP contribution in [0.15, 0.2) is 0 Å². The summed E-state index contributed by atoms with van der Waals surface area (Å²) in [6.45, 7) is 4.01. The van der Waals surface area contributed by atoms with Crippen molar-refractivity contribution in [3.63, 3.8) is 0 Å². The fourth-order valence-electron chi connectivity index (χ4n) is 3.10. The topological polar surface area (TPSA) is 74.3 Å². The molecule has 24 heavy (non-hydrogen) atoms. The van der Waals surface area contributed by atoms with Crippen LogP contribution in [-0.4, -0.2) is 40.5 Å². The van der Waals surface area contributed by atoms with Gasteiger partial charge in [0.05, 0.1) is 5.69 Å². The molecule has 1 aromatic rings. The Labute approximate surface area is 147 Å². The van der Waals surface area contributed by atoms with E-state index in [1.165, 1.54) is 30.6 Å². The van der Waals surface area contributed by atoms with E-state index >= 15 is 0 Å².